The summed E-state index contributed by atoms with van der Waals surface area (Å²) in [4.78, 5) is 17.7. The molecule has 0 spiro atoms. The molecule has 4 rings (SSSR count). The number of amides is 1. The number of benzene rings is 2. The Morgan fingerprint density at radius 1 is 1.17 bits per heavy atom. The van der Waals surface area contributed by atoms with Crippen LogP contribution in [-0.2, 0) is 17.6 Å². The number of aromatic nitrogens is 1. The Morgan fingerprint density at radius 3 is 2.76 bits per heavy atom. The summed E-state index contributed by atoms with van der Waals surface area (Å²) in [6.07, 6.45) is 4.89. The molecule has 0 saturated carbocycles. The van der Waals surface area contributed by atoms with Crippen molar-refractivity contribution in [1.82, 2.24) is 4.98 Å². The summed E-state index contributed by atoms with van der Waals surface area (Å²) in [6, 6.07) is 18.2. The minimum Gasteiger partial charge on any atom is -0.325 e. The van der Waals surface area contributed by atoms with E-state index >= 15 is 0 Å². The Bertz CT molecular complexity index is 1100. The third kappa shape index (κ3) is 4.28. The van der Waals surface area contributed by atoms with Gasteiger partial charge in [-0.3, -0.25) is 4.79 Å². The van der Waals surface area contributed by atoms with Crippen LogP contribution in [0.4, 0.5) is 5.69 Å². The standard InChI is InChI=1S/C24H23N3OS/c1-2-22(23(28)26-20-12-11-16-7-3-4-8-17(16)14-20)29-24-19(15-25)13-18-9-5-6-10-21(18)27-24/h3-4,7-8,11-14,22H,2,5-6,9-10H2,1H3,(H,26,28). The number of nitrogens with zero attached hydrogens (tertiary/aromatic N) is 2. The topological polar surface area (TPSA) is 65.8 Å². The van der Waals surface area contributed by atoms with Gasteiger partial charge in [-0.05, 0) is 66.6 Å². The summed E-state index contributed by atoms with van der Waals surface area (Å²) in [5, 5.41) is 15.2. The number of nitriles is 1. The largest absolute Gasteiger partial charge is 0.325 e. The number of aryl methyl sites for hydroxylation is 2. The normalized spacial score (nSPS) is 14.1. The number of thioether (sulfide) groups is 1. The first-order chi connectivity index (χ1) is 14.2. The van der Waals surface area contributed by atoms with Crippen LogP contribution in [-0.4, -0.2) is 16.1 Å². The summed E-state index contributed by atoms with van der Waals surface area (Å²) in [6.45, 7) is 1.99. The Morgan fingerprint density at radius 2 is 1.97 bits per heavy atom. The first kappa shape index (κ1) is 19.5. The van der Waals surface area contributed by atoms with E-state index < -0.39 is 0 Å². The van der Waals surface area contributed by atoms with Gasteiger partial charge in [-0.25, -0.2) is 4.98 Å². The van der Waals surface area contributed by atoms with Crippen molar-refractivity contribution >= 4 is 34.1 Å². The Balaban J connectivity index is 1.54. The number of fused-ring (bicyclic) bond motifs is 2. The second kappa shape index (κ2) is 8.67. The molecule has 0 saturated heterocycles. The minimum absolute atomic E-state index is 0.0591. The van der Waals surface area contributed by atoms with Gasteiger partial charge in [0.1, 0.15) is 11.1 Å². The summed E-state index contributed by atoms with van der Waals surface area (Å²) in [7, 11) is 0. The average molecular weight is 402 g/mol. The number of pyridine rings is 1. The van der Waals surface area contributed by atoms with Crippen LogP contribution in [0.2, 0.25) is 0 Å². The molecule has 1 aliphatic rings. The lowest BCUT2D eigenvalue weighted by Gasteiger charge is -2.19. The zero-order valence-corrected chi connectivity index (χ0v) is 17.3. The third-order valence-corrected chi connectivity index (χ3v) is 6.69. The molecule has 1 aromatic heterocycles. The van der Waals surface area contributed by atoms with Crippen LogP contribution in [0.5, 0.6) is 0 Å². The predicted molar refractivity (Wildman–Crippen MR) is 118 cm³/mol. The molecule has 1 N–H and O–H groups in total. The first-order valence-electron chi connectivity index (χ1n) is 10.1. The van der Waals surface area contributed by atoms with Crippen LogP contribution < -0.4 is 5.32 Å². The van der Waals surface area contributed by atoms with E-state index in [1.165, 1.54) is 17.3 Å². The molecule has 1 heterocycles. The fraction of sp³-hybridized carbons (Fsp3) is 0.292. The van der Waals surface area contributed by atoms with Gasteiger partial charge in [0.15, 0.2) is 0 Å². The van der Waals surface area contributed by atoms with Crippen molar-refractivity contribution in [2.75, 3.05) is 5.32 Å². The fourth-order valence-corrected chi connectivity index (χ4v) is 4.73. The Hall–Kier alpha value is -2.84. The van der Waals surface area contributed by atoms with E-state index in [-0.39, 0.29) is 11.2 Å². The van der Waals surface area contributed by atoms with E-state index in [1.807, 2.05) is 49.4 Å². The molecule has 1 atom stereocenters. The molecule has 4 nitrogen and oxygen atoms in total. The highest BCUT2D eigenvalue weighted by atomic mass is 32.2. The van der Waals surface area contributed by atoms with E-state index in [2.05, 4.69) is 17.5 Å². The van der Waals surface area contributed by atoms with Crippen LogP contribution in [0.3, 0.4) is 0 Å². The number of rotatable bonds is 5. The Kier molecular flexibility index (Phi) is 5.82. The van der Waals surface area contributed by atoms with E-state index in [0.717, 1.165) is 47.8 Å². The summed E-state index contributed by atoms with van der Waals surface area (Å²) in [5.74, 6) is -0.0591. The monoisotopic (exact) mass is 401 g/mol. The molecule has 0 aliphatic heterocycles. The molecule has 3 aromatic rings. The third-order valence-electron chi connectivity index (χ3n) is 5.32. The van der Waals surface area contributed by atoms with E-state index in [1.54, 1.807) is 0 Å². The number of nitrogens with one attached hydrogen (secondary N) is 1. The highest BCUT2D eigenvalue weighted by Crippen LogP contribution is 2.31. The summed E-state index contributed by atoms with van der Waals surface area (Å²) < 4.78 is 0. The molecular weight excluding hydrogens is 378 g/mol. The quantitative estimate of drug-likeness (QED) is 0.574. The number of carbonyl (C=O) groups excluding carboxylic acids is 1. The molecular formula is C24H23N3OS. The molecule has 0 radical (unpaired) electrons. The van der Waals surface area contributed by atoms with Gasteiger partial charge in [-0.2, -0.15) is 5.26 Å². The van der Waals surface area contributed by atoms with Gasteiger partial charge < -0.3 is 5.32 Å². The SMILES string of the molecule is CCC(Sc1nc2c(cc1C#N)CCCC2)C(=O)Nc1ccc2ccccc2c1. The molecule has 0 bridgehead atoms. The van der Waals surface area contributed by atoms with Crippen molar-refractivity contribution in [2.45, 2.75) is 49.3 Å². The van der Waals surface area contributed by atoms with Crippen molar-refractivity contribution in [1.29, 1.82) is 5.26 Å². The highest BCUT2D eigenvalue weighted by molar-refractivity contribution is 8.00. The Labute approximate surface area is 175 Å². The molecule has 1 unspecified atom stereocenters. The highest BCUT2D eigenvalue weighted by Gasteiger charge is 2.23. The molecule has 0 fully saturated rings. The zero-order chi connectivity index (χ0) is 20.2. The predicted octanol–water partition coefficient (Wildman–Crippen LogP) is 5.49. The van der Waals surface area contributed by atoms with Gasteiger partial charge in [-0.15, -0.1) is 0 Å². The van der Waals surface area contributed by atoms with Crippen molar-refractivity contribution in [3.8, 4) is 6.07 Å². The molecule has 5 heteroatoms. The summed E-state index contributed by atoms with van der Waals surface area (Å²) in [5.41, 5.74) is 3.63. The van der Waals surface area contributed by atoms with Gasteiger partial charge in [0, 0.05) is 11.4 Å². The zero-order valence-electron chi connectivity index (χ0n) is 16.4. The minimum atomic E-state index is -0.303. The second-order valence-electron chi connectivity index (χ2n) is 7.33. The van der Waals surface area contributed by atoms with E-state index in [0.29, 0.717) is 17.0 Å². The number of hydrogen-bond acceptors (Lipinski definition) is 4. The van der Waals surface area contributed by atoms with Crippen molar-refractivity contribution in [3.05, 3.63) is 65.4 Å². The van der Waals surface area contributed by atoms with E-state index in [4.69, 9.17) is 4.98 Å². The lowest BCUT2D eigenvalue weighted by molar-refractivity contribution is -0.115. The molecule has 29 heavy (non-hydrogen) atoms. The van der Waals surface area contributed by atoms with Crippen molar-refractivity contribution in [2.24, 2.45) is 0 Å². The van der Waals surface area contributed by atoms with Crippen LogP contribution in [0.25, 0.3) is 10.8 Å². The van der Waals surface area contributed by atoms with Crippen LogP contribution >= 0.6 is 11.8 Å². The van der Waals surface area contributed by atoms with Crippen molar-refractivity contribution < 1.29 is 4.79 Å². The first-order valence-corrected chi connectivity index (χ1v) is 10.9. The maximum atomic E-state index is 12.9. The lowest BCUT2D eigenvalue weighted by atomic mass is 9.95. The van der Waals surface area contributed by atoms with Gasteiger partial charge in [0.25, 0.3) is 0 Å². The van der Waals surface area contributed by atoms with Gasteiger partial charge in [0.2, 0.25) is 5.91 Å². The van der Waals surface area contributed by atoms with Crippen LogP contribution in [0.15, 0.2) is 53.6 Å². The van der Waals surface area contributed by atoms with Crippen LogP contribution in [0, 0.1) is 11.3 Å². The van der Waals surface area contributed by atoms with Crippen molar-refractivity contribution in [3.63, 3.8) is 0 Å². The molecule has 146 valence electrons. The van der Waals surface area contributed by atoms with Gasteiger partial charge in [-0.1, -0.05) is 49.0 Å². The average Bonchev–Trinajstić information content (AvgIpc) is 2.76. The van der Waals surface area contributed by atoms with E-state index in [9.17, 15) is 10.1 Å². The molecule has 1 amide bonds. The second-order valence-corrected chi connectivity index (χ2v) is 8.52. The molecule has 2 aromatic carbocycles. The maximum Gasteiger partial charge on any atom is 0.237 e. The maximum absolute atomic E-state index is 12.9. The lowest BCUT2D eigenvalue weighted by Crippen LogP contribution is -2.25. The number of carbonyl (C=O) groups is 1. The molecule has 1 aliphatic carbocycles. The van der Waals surface area contributed by atoms with Gasteiger partial charge >= 0.3 is 0 Å². The smallest absolute Gasteiger partial charge is 0.237 e. The fourth-order valence-electron chi connectivity index (χ4n) is 3.73. The summed E-state index contributed by atoms with van der Waals surface area (Å²) >= 11 is 1.40. The number of hydrogen-bond donors (Lipinski definition) is 1. The number of anilines is 1. The van der Waals surface area contributed by atoms with Gasteiger partial charge in [0.05, 0.1) is 10.8 Å². The van der Waals surface area contributed by atoms with Crippen LogP contribution in [0.1, 0.15) is 43.0 Å².